The van der Waals surface area contributed by atoms with Crippen molar-refractivity contribution < 1.29 is 14.3 Å². The third-order valence-corrected chi connectivity index (χ3v) is 3.47. The number of carbonyl (C=O) groups is 1. The van der Waals surface area contributed by atoms with E-state index in [4.69, 9.17) is 9.47 Å². The van der Waals surface area contributed by atoms with Gasteiger partial charge in [0, 0.05) is 13.7 Å². The van der Waals surface area contributed by atoms with Crippen molar-refractivity contribution in [2.24, 2.45) is 0 Å². The van der Waals surface area contributed by atoms with Gasteiger partial charge in [-0.3, -0.25) is 4.79 Å². The van der Waals surface area contributed by atoms with Gasteiger partial charge in [0.15, 0.2) is 0 Å². The second kappa shape index (κ2) is 12.3. The normalized spacial score (nSPS) is 11.2. The van der Waals surface area contributed by atoms with E-state index in [1.165, 1.54) is 0 Å². The van der Waals surface area contributed by atoms with Crippen molar-refractivity contribution in [1.82, 2.24) is 10.6 Å². The Labute approximate surface area is 155 Å². The quantitative estimate of drug-likeness (QED) is 0.636. The predicted molar refractivity (Wildman–Crippen MR) is 101 cm³/mol. The van der Waals surface area contributed by atoms with Crippen LogP contribution in [0.1, 0.15) is 11.6 Å². The van der Waals surface area contributed by atoms with Crippen LogP contribution in [0.25, 0.3) is 0 Å². The molecule has 6 heteroatoms. The number of rotatable bonds is 10. The molecular weight excluding hydrogens is 340 g/mol. The van der Waals surface area contributed by atoms with E-state index >= 15 is 0 Å². The highest BCUT2D eigenvalue weighted by molar-refractivity contribution is 5.85. The Balaban J connectivity index is 0.00000312. The molecule has 136 valence electrons. The Kier molecular flexibility index (Phi) is 10.3. The van der Waals surface area contributed by atoms with E-state index in [1.54, 1.807) is 7.11 Å². The summed E-state index contributed by atoms with van der Waals surface area (Å²) < 4.78 is 10.8. The van der Waals surface area contributed by atoms with Gasteiger partial charge in [0.2, 0.25) is 5.91 Å². The molecule has 2 rings (SSSR count). The predicted octanol–water partition coefficient (Wildman–Crippen LogP) is 2.58. The highest BCUT2D eigenvalue weighted by Gasteiger charge is 2.15. The number of methoxy groups -OCH3 is 1. The standard InChI is InChI=1S/C19H24N2O3.ClH/c1-23-13-12-20-14-19(22)21-18(16-8-4-2-5-9-16)15-24-17-10-6-3-7-11-17;/h2-11,18,20H,12-15H2,1H3,(H,21,22);1H. The van der Waals surface area contributed by atoms with E-state index in [-0.39, 0.29) is 30.9 Å². The Morgan fingerprint density at radius 3 is 2.32 bits per heavy atom. The summed E-state index contributed by atoms with van der Waals surface area (Å²) in [6, 6.07) is 19.2. The summed E-state index contributed by atoms with van der Waals surface area (Å²) in [7, 11) is 1.63. The van der Waals surface area contributed by atoms with Crippen molar-refractivity contribution in [3.8, 4) is 5.75 Å². The first-order valence-electron chi connectivity index (χ1n) is 8.01. The lowest BCUT2D eigenvalue weighted by atomic mass is 10.1. The largest absolute Gasteiger partial charge is 0.491 e. The van der Waals surface area contributed by atoms with Gasteiger partial charge in [-0.15, -0.1) is 12.4 Å². The van der Waals surface area contributed by atoms with E-state index in [0.29, 0.717) is 19.8 Å². The molecule has 0 aromatic heterocycles. The molecule has 2 N–H and O–H groups in total. The Bertz CT molecular complexity index is 596. The monoisotopic (exact) mass is 364 g/mol. The van der Waals surface area contributed by atoms with E-state index in [2.05, 4.69) is 10.6 Å². The number of benzene rings is 2. The molecule has 2 aromatic rings. The highest BCUT2D eigenvalue weighted by Crippen LogP contribution is 2.16. The molecule has 1 amide bonds. The van der Waals surface area contributed by atoms with Gasteiger partial charge in [0.25, 0.3) is 0 Å². The maximum Gasteiger partial charge on any atom is 0.234 e. The molecule has 1 atom stereocenters. The summed E-state index contributed by atoms with van der Waals surface area (Å²) in [5, 5.41) is 6.05. The minimum absolute atomic E-state index is 0. The molecule has 0 spiro atoms. The smallest absolute Gasteiger partial charge is 0.234 e. The Morgan fingerprint density at radius 2 is 1.68 bits per heavy atom. The van der Waals surface area contributed by atoms with Gasteiger partial charge in [-0.1, -0.05) is 48.5 Å². The molecule has 0 aliphatic rings. The molecule has 0 aliphatic carbocycles. The second-order valence-electron chi connectivity index (χ2n) is 5.32. The average Bonchev–Trinajstić information content (AvgIpc) is 2.64. The van der Waals surface area contributed by atoms with Crippen LogP contribution in [0.3, 0.4) is 0 Å². The summed E-state index contributed by atoms with van der Waals surface area (Å²) in [5.41, 5.74) is 1.01. The topological polar surface area (TPSA) is 59.6 Å². The minimum Gasteiger partial charge on any atom is -0.491 e. The van der Waals surface area contributed by atoms with Crippen LogP contribution < -0.4 is 15.4 Å². The third-order valence-electron chi connectivity index (χ3n) is 3.47. The summed E-state index contributed by atoms with van der Waals surface area (Å²) >= 11 is 0. The molecule has 2 aromatic carbocycles. The molecule has 0 aliphatic heterocycles. The van der Waals surface area contributed by atoms with Crippen LogP contribution in [0.5, 0.6) is 5.75 Å². The van der Waals surface area contributed by atoms with Gasteiger partial charge >= 0.3 is 0 Å². The molecule has 0 heterocycles. The summed E-state index contributed by atoms with van der Waals surface area (Å²) in [4.78, 5) is 12.1. The maximum atomic E-state index is 12.1. The summed E-state index contributed by atoms with van der Waals surface area (Å²) in [6.45, 7) is 1.84. The van der Waals surface area contributed by atoms with Crippen molar-refractivity contribution in [1.29, 1.82) is 0 Å². The highest BCUT2D eigenvalue weighted by atomic mass is 35.5. The van der Waals surface area contributed by atoms with Crippen LogP contribution in [0.2, 0.25) is 0 Å². The zero-order chi connectivity index (χ0) is 17.0. The van der Waals surface area contributed by atoms with Crippen molar-refractivity contribution in [2.75, 3.05) is 33.4 Å². The van der Waals surface area contributed by atoms with Crippen molar-refractivity contribution in [2.45, 2.75) is 6.04 Å². The number of nitrogens with one attached hydrogen (secondary N) is 2. The molecule has 0 saturated carbocycles. The van der Waals surface area contributed by atoms with Crippen molar-refractivity contribution >= 4 is 18.3 Å². The first-order valence-corrected chi connectivity index (χ1v) is 8.01. The van der Waals surface area contributed by atoms with E-state index in [0.717, 1.165) is 11.3 Å². The summed E-state index contributed by atoms with van der Waals surface area (Å²) in [5.74, 6) is 0.711. The zero-order valence-corrected chi connectivity index (χ0v) is 15.1. The fourth-order valence-electron chi connectivity index (χ4n) is 2.22. The number of hydrogen-bond donors (Lipinski definition) is 2. The fraction of sp³-hybridized carbons (Fsp3) is 0.316. The lowest BCUT2D eigenvalue weighted by Gasteiger charge is -2.20. The number of carbonyl (C=O) groups excluding carboxylic acids is 1. The molecular formula is C19H25ClN2O3. The Morgan fingerprint density at radius 1 is 1.04 bits per heavy atom. The van der Waals surface area contributed by atoms with Gasteiger partial charge < -0.3 is 20.1 Å². The van der Waals surface area contributed by atoms with E-state index in [9.17, 15) is 4.79 Å². The van der Waals surface area contributed by atoms with Crippen LogP contribution in [0.4, 0.5) is 0 Å². The van der Waals surface area contributed by atoms with Crippen LogP contribution in [-0.4, -0.2) is 39.3 Å². The molecule has 1 unspecified atom stereocenters. The number of halogens is 1. The fourth-order valence-corrected chi connectivity index (χ4v) is 2.22. The van der Waals surface area contributed by atoms with Gasteiger partial charge in [0.1, 0.15) is 12.4 Å². The van der Waals surface area contributed by atoms with Crippen LogP contribution in [0, 0.1) is 0 Å². The maximum absolute atomic E-state index is 12.1. The van der Waals surface area contributed by atoms with Crippen LogP contribution >= 0.6 is 12.4 Å². The third kappa shape index (κ3) is 8.03. The number of hydrogen-bond acceptors (Lipinski definition) is 4. The van der Waals surface area contributed by atoms with Crippen LogP contribution in [0.15, 0.2) is 60.7 Å². The van der Waals surface area contributed by atoms with Crippen molar-refractivity contribution in [3.63, 3.8) is 0 Å². The van der Waals surface area contributed by atoms with Gasteiger partial charge in [0.05, 0.1) is 19.2 Å². The lowest BCUT2D eigenvalue weighted by Crippen LogP contribution is -2.39. The molecule has 5 nitrogen and oxygen atoms in total. The number of amides is 1. The average molecular weight is 365 g/mol. The molecule has 0 saturated heterocycles. The minimum atomic E-state index is -0.205. The first kappa shape index (κ1) is 21.0. The lowest BCUT2D eigenvalue weighted by molar-refractivity contribution is -0.121. The van der Waals surface area contributed by atoms with Crippen molar-refractivity contribution in [3.05, 3.63) is 66.2 Å². The first-order chi connectivity index (χ1) is 11.8. The molecule has 0 bridgehead atoms. The van der Waals surface area contributed by atoms with E-state index < -0.39 is 0 Å². The number of para-hydroxylation sites is 1. The molecule has 25 heavy (non-hydrogen) atoms. The number of ether oxygens (including phenoxy) is 2. The van der Waals surface area contributed by atoms with Crippen LogP contribution in [-0.2, 0) is 9.53 Å². The van der Waals surface area contributed by atoms with E-state index in [1.807, 2.05) is 60.7 Å². The summed E-state index contributed by atoms with van der Waals surface area (Å²) in [6.07, 6.45) is 0. The molecule has 0 fully saturated rings. The zero-order valence-electron chi connectivity index (χ0n) is 14.3. The SMILES string of the molecule is COCCNCC(=O)NC(COc1ccccc1)c1ccccc1.Cl. The second-order valence-corrected chi connectivity index (χ2v) is 5.32. The van der Waals surface area contributed by atoms with Gasteiger partial charge in [-0.05, 0) is 17.7 Å². The van der Waals surface area contributed by atoms with Gasteiger partial charge in [-0.25, -0.2) is 0 Å². The molecule has 0 radical (unpaired) electrons. The Hall–Kier alpha value is -2.08. The van der Waals surface area contributed by atoms with Gasteiger partial charge in [-0.2, -0.15) is 0 Å².